The normalized spacial score (nSPS) is 14.3. The van der Waals surface area contributed by atoms with Crippen molar-refractivity contribution in [1.29, 1.82) is 0 Å². The molecule has 1 aromatic carbocycles. The van der Waals surface area contributed by atoms with E-state index in [4.69, 9.17) is 11.6 Å². The Morgan fingerprint density at radius 3 is 2.48 bits per heavy atom. The van der Waals surface area contributed by atoms with Crippen molar-refractivity contribution in [2.75, 3.05) is 49.6 Å². The van der Waals surface area contributed by atoms with E-state index in [1.54, 1.807) is 11.1 Å². The molecule has 0 unspecified atom stereocenters. The van der Waals surface area contributed by atoms with E-state index in [0.717, 1.165) is 62.0 Å². The van der Waals surface area contributed by atoms with E-state index in [1.807, 2.05) is 37.5 Å². The van der Waals surface area contributed by atoms with E-state index >= 15 is 0 Å². The van der Waals surface area contributed by atoms with Crippen LogP contribution in [0.2, 0.25) is 5.02 Å². The van der Waals surface area contributed by atoms with Crippen LogP contribution in [0.15, 0.2) is 42.7 Å². The first-order chi connectivity index (χ1) is 13.1. The quantitative estimate of drug-likeness (QED) is 0.754. The lowest BCUT2D eigenvalue weighted by molar-refractivity contribution is 0.0793. The zero-order chi connectivity index (χ0) is 19.2. The number of benzene rings is 1. The maximum Gasteiger partial charge on any atom is 0.255 e. The fourth-order valence-corrected chi connectivity index (χ4v) is 3.52. The summed E-state index contributed by atoms with van der Waals surface area (Å²) in [5.41, 5.74) is 2.82. The summed E-state index contributed by atoms with van der Waals surface area (Å²) in [6.07, 6.45) is 5.60. The summed E-state index contributed by atoms with van der Waals surface area (Å²) in [6, 6.07) is 9.94. The second kappa shape index (κ2) is 9.09. The largest absolute Gasteiger partial charge is 0.368 e. The van der Waals surface area contributed by atoms with Gasteiger partial charge in [0, 0.05) is 56.7 Å². The molecule has 144 valence electrons. The smallest absolute Gasteiger partial charge is 0.255 e. The lowest BCUT2D eigenvalue weighted by Gasteiger charge is -2.37. The topological polar surface area (TPSA) is 39.7 Å². The van der Waals surface area contributed by atoms with Crippen LogP contribution >= 0.6 is 11.6 Å². The minimum absolute atomic E-state index is 0.0374. The summed E-state index contributed by atoms with van der Waals surface area (Å²) in [5, 5.41) is 0.762. The molecule has 1 aliphatic heterocycles. The van der Waals surface area contributed by atoms with Crippen LogP contribution in [0.5, 0.6) is 0 Å². The molecule has 0 spiro atoms. The molecular formula is C21H27ClN4O. The van der Waals surface area contributed by atoms with Crippen LogP contribution in [0.25, 0.3) is 0 Å². The number of halogens is 1. The van der Waals surface area contributed by atoms with Crippen molar-refractivity contribution in [1.82, 2.24) is 9.88 Å². The first kappa shape index (κ1) is 19.5. The number of anilines is 2. The van der Waals surface area contributed by atoms with Gasteiger partial charge in [0.05, 0.1) is 17.4 Å². The molecule has 0 saturated carbocycles. The third-order valence-corrected chi connectivity index (χ3v) is 5.22. The van der Waals surface area contributed by atoms with Gasteiger partial charge in [0.25, 0.3) is 5.91 Å². The van der Waals surface area contributed by atoms with Crippen molar-refractivity contribution >= 4 is 28.9 Å². The number of unbranched alkanes of at least 4 members (excludes halogenated alkanes) is 1. The van der Waals surface area contributed by atoms with E-state index in [2.05, 4.69) is 27.8 Å². The molecule has 1 saturated heterocycles. The van der Waals surface area contributed by atoms with Crippen LogP contribution in [0.1, 0.15) is 30.1 Å². The Balaban J connectivity index is 1.64. The number of nitrogens with zero attached hydrogens (tertiary/aromatic N) is 4. The molecular weight excluding hydrogens is 360 g/mol. The monoisotopic (exact) mass is 386 g/mol. The SMILES string of the molecule is CCCCN(C)C(=O)c1cncc(N2CCN(c3cccc(Cl)c3)CC2)c1. The molecule has 2 heterocycles. The average Bonchev–Trinajstić information content (AvgIpc) is 2.71. The van der Waals surface area contributed by atoms with Gasteiger partial charge in [-0.05, 0) is 30.7 Å². The predicted molar refractivity (Wildman–Crippen MR) is 112 cm³/mol. The van der Waals surface area contributed by atoms with Gasteiger partial charge in [-0.2, -0.15) is 0 Å². The van der Waals surface area contributed by atoms with E-state index in [1.165, 1.54) is 0 Å². The first-order valence-corrected chi connectivity index (χ1v) is 9.92. The third kappa shape index (κ3) is 4.92. The average molecular weight is 387 g/mol. The third-order valence-electron chi connectivity index (χ3n) is 4.98. The fraction of sp³-hybridized carbons (Fsp3) is 0.429. The molecule has 3 rings (SSSR count). The molecule has 1 amide bonds. The molecule has 1 fully saturated rings. The second-order valence-corrected chi connectivity index (χ2v) is 7.40. The lowest BCUT2D eigenvalue weighted by atomic mass is 10.2. The van der Waals surface area contributed by atoms with E-state index < -0.39 is 0 Å². The highest BCUT2D eigenvalue weighted by Gasteiger charge is 2.19. The standard InChI is InChI=1S/C21H27ClN4O/c1-3-4-8-24(2)21(27)17-13-20(16-23-15-17)26-11-9-25(10-12-26)19-7-5-6-18(22)14-19/h5-7,13-16H,3-4,8-12H2,1-2H3. The molecule has 6 heteroatoms. The van der Waals surface area contributed by atoms with Crippen molar-refractivity contribution < 1.29 is 4.79 Å². The summed E-state index contributed by atoms with van der Waals surface area (Å²) in [5.74, 6) is 0.0374. The Hall–Kier alpha value is -2.27. The Bertz CT molecular complexity index is 774. The molecule has 0 bridgehead atoms. The number of carbonyl (C=O) groups is 1. The number of hydrogen-bond donors (Lipinski definition) is 0. The van der Waals surface area contributed by atoms with Crippen LogP contribution in [0, 0.1) is 0 Å². The van der Waals surface area contributed by atoms with Gasteiger partial charge in [0.15, 0.2) is 0 Å². The number of hydrogen-bond acceptors (Lipinski definition) is 4. The van der Waals surface area contributed by atoms with Gasteiger partial charge < -0.3 is 14.7 Å². The van der Waals surface area contributed by atoms with Crippen LogP contribution in [0.3, 0.4) is 0 Å². The second-order valence-electron chi connectivity index (χ2n) is 6.97. The maximum absolute atomic E-state index is 12.6. The van der Waals surface area contributed by atoms with Crippen molar-refractivity contribution in [2.24, 2.45) is 0 Å². The van der Waals surface area contributed by atoms with Crippen LogP contribution < -0.4 is 9.80 Å². The molecule has 0 aliphatic carbocycles. The highest BCUT2D eigenvalue weighted by molar-refractivity contribution is 6.30. The van der Waals surface area contributed by atoms with Crippen LogP contribution in [0.4, 0.5) is 11.4 Å². The number of amides is 1. The number of rotatable bonds is 6. The van der Waals surface area contributed by atoms with Crippen molar-refractivity contribution in [3.05, 3.63) is 53.3 Å². The molecule has 1 aromatic heterocycles. The summed E-state index contributed by atoms with van der Waals surface area (Å²) in [7, 11) is 1.86. The number of aromatic nitrogens is 1. The summed E-state index contributed by atoms with van der Waals surface area (Å²) in [6.45, 7) is 6.50. The lowest BCUT2D eigenvalue weighted by Crippen LogP contribution is -2.46. The van der Waals surface area contributed by atoms with E-state index in [-0.39, 0.29) is 5.91 Å². The Kier molecular flexibility index (Phi) is 6.56. The number of piperazine rings is 1. The Morgan fingerprint density at radius 1 is 1.11 bits per heavy atom. The van der Waals surface area contributed by atoms with Gasteiger partial charge in [0.1, 0.15) is 0 Å². The molecule has 2 aromatic rings. The van der Waals surface area contributed by atoms with Crippen LogP contribution in [-0.2, 0) is 0 Å². The molecule has 0 radical (unpaired) electrons. The Morgan fingerprint density at radius 2 is 1.81 bits per heavy atom. The molecule has 27 heavy (non-hydrogen) atoms. The molecule has 1 aliphatic rings. The van der Waals surface area contributed by atoms with Crippen molar-refractivity contribution in [3.8, 4) is 0 Å². The maximum atomic E-state index is 12.6. The van der Waals surface area contributed by atoms with Crippen molar-refractivity contribution in [2.45, 2.75) is 19.8 Å². The van der Waals surface area contributed by atoms with Crippen LogP contribution in [-0.4, -0.2) is 55.6 Å². The summed E-state index contributed by atoms with van der Waals surface area (Å²) in [4.78, 5) is 23.3. The minimum Gasteiger partial charge on any atom is -0.368 e. The summed E-state index contributed by atoms with van der Waals surface area (Å²) < 4.78 is 0. The van der Waals surface area contributed by atoms with Gasteiger partial charge in [-0.3, -0.25) is 9.78 Å². The van der Waals surface area contributed by atoms with Gasteiger partial charge in [-0.15, -0.1) is 0 Å². The van der Waals surface area contributed by atoms with Gasteiger partial charge in [0.2, 0.25) is 0 Å². The fourth-order valence-electron chi connectivity index (χ4n) is 3.33. The number of pyridine rings is 1. The van der Waals surface area contributed by atoms with Gasteiger partial charge in [-0.25, -0.2) is 0 Å². The Labute approximate surface area is 166 Å². The van der Waals surface area contributed by atoms with Gasteiger partial charge in [-0.1, -0.05) is 31.0 Å². The van der Waals surface area contributed by atoms with E-state index in [0.29, 0.717) is 5.56 Å². The zero-order valence-electron chi connectivity index (χ0n) is 16.1. The summed E-state index contributed by atoms with van der Waals surface area (Å²) >= 11 is 6.11. The molecule has 0 atom stereocenters. The molecule has 5 nitrogen and oxygen atoms in total. The predicted octanol–water partition coefficient (Wildman–Crippen LogP) is 3.93. The molecule has 0 N–H and O–H groups in total. The minimum atomic E-state index is 0.0374. The first-order valence-electron chi connectivity index (χ1n) is 9.54. The van der Waals surface area contributed by atoms with E-state index in [9.17, 15) is 4.79 Å². The van der Waals surface area contributed by atoms with Gasteiger partial charge >= 0.3 is 0 Å². The van der Waals surface area contributed by atoms with Crippen molar-refractivity contribution in [3.63, 3.8) is 0 Å². The zero-order valence-corrected chi connectivity index (χ0v) is 16.8. The highest BCUT2D eigenvalue weighted by atomic mass is 35.5. The highest BCUT2D eigenvalue weighted by Crippen LogP contribution is 2.23. The number of carbonyl (C=O) groups excluding carboxylic acids is 1.